The number of imidazole rings is 1. The average Bonchev–Trinajstić information content (AvgIpc) is 3.12. The van der Waals surface area contributed by atoms with E-state index in [1.54, 1.807) is 55.4 Å². The van der Waals surface area contributed by atoms with E-state index in [9.17, 15) is 8.42 Å². The molecule has 3 aromatic rings. The molecular weight excluding hydrogens is 364 g/mol. The van der Waals surface area contributed by atoms with Crippen molar-refractivity contribution in [1.82, 2.24) is 14.3 Å². The smallest absolute Gasteiger partial charge is 0.241 e. The summed E-state index contributed by atoms with van der Waals surface area (Å²) >= 11 is 0. The topological polar surface area (TPSA) is 97.0 Å². The molecule has 0 saturated carbocycles. The van der Waals surface area contributed by atoms with Crippen LogP contribution in [0.3, 0.4) is 0 Å². The molecular formula is C19H18N4O3S. The number of aryl methyl sites for hydroxylation is 1. The van der Waals surface area contributed by atoms with Crippen LogP contribution in [0.5, 0.6) is 5.75 Å². The van der Waals surface area contributed by atoms with E-state index in [4.69, 9.17) is 10.00 Å². The molecule has 0 radical (unpaired) electrons. The zero-order valence-electron chi connectivity index (χ0n) is 14.8. The fourth-order valence-corrected chi connectivity index (χ4v) is 3.84. The first-order chi connectivity index (χ1) is 12.9. The molecule has 0 aliphatic heterocycles. The van der Waals surface area contributed by atoms with E-state index >= 15 is 0 Å². The molecule has 0 aliphatic carbocycles. The maximum atomic E-state index is 12.9. The van der Waals surface area contributed by atoms with Gasteiger partial charge in [0.05, 0.1) is 23.6 Å². The van der Waals surface area contributed by atoms with Crippen molar-refractivity contribution in [3.8, 4) is 11.8 Å². The molecule has 0 fully saturated rings. The fraction of sp³-hybridized carbons (Fsp3) is 0.158. The Morgan fingerprint density at radius 1 is 1.15 bits per heavy atom. The maximum absolute atomic E-state index is 12.9. The van der Waals surface area contributed by atoms with E-state index in [2.05, 4.69) is 9.71 Å². The van der Waals surface area contributed by atoms with Gasteiger partial charge in [0.2, 0.25) is 10.0 Å². The summed E-state index contributed by atoms with van der Waals surface area (Å²) in [5.74, 6) is 1.23. The highest BCUT2D eigenvalue weighted by Crippen LogP contribution is 2.25. The minimum atomic E-state index is -3.84. The summed E-state index contributed by atoms with van der Waals surface area (Å²) in [6, 6.07) is 14.2. The Labute approximate surface area is 157 Å². The molecule has 8 heteroatoms. The second-order valence-corrected chi connectivity index (χ2v) is 7.57. The quantitative estimate of drug-likeness (QED) is 0.706. The van der Waals surface area contributed by atoms with Crippen LogP contribution in [-0.4, -0.2) is 25.1 Å². The third kappa shape index (κ3) is 4.00. The lowest BCUT2D eigenvalue weighted by Gasteiger charge is -2.19. The number of methoxy groups -OCH3 is 1. The number of nitrogens with one attached hydrogen (secondary N) is 1. The van der Waals surface area contributed by atoms with Crippen molar-refractivity contribution in [2.24, 2.45) is 7.05 Å². The lowest BCUT2D eigenvalue weighted by molar-refractivity contribution is 0.414. The number of aromatic nitrogens is 2. The molecule has 0 bridgehead atoms. The number of nitrogens with zero attached hydrogens (tertiary/aromatic N) is 3. The van der Waals surface area contributed by atoms with Gasteiger partial charge in [-0.25, -0.2) is 13.4 Å². The van der Waals surface area contributed by atoms with Gasteiger partial charge in [0.1, 0.15) is 17.6 Å². The summed E-state index contributed by atoms with van der Waals surface area (Å²) < 4.78 is 35.4. The largest absolute Gasteiger partial charge is 0.497 e. The van der Waals surface area contributed by atoms with Crippen molar-refractivity contribution in [3.63, 3.8) is 0 Å². The summed E-state index contributed by atoms with van der Waals surface area (Å²) in [6.07, 6.45) is 3.36. The van der Waals surface area contributed by atoms with Crippen molar-refractivity contribution < 1.29 is 13.2 Å². The normalized spacial score (nSPS) is 12.3. The van der Waals surface area contributed by atoms with E-state index in [0.717, 1.165) is 5.56 Å². The summed E-state index contributed by atoms with van der Waals surface area (Å²) in [5.41, 5.74) is 1.12. The van der Waals surface area contributed by atoms with Crippen LogP contribution in [0.25, 0.3) is 0 Å². The summed E-state index contributed by atoms with van der Waals surface area (Å²) in [7, 11) is -0.466. The standard InChI is InChI=1S/C19H18N4O3S/c1-23-12-11-21-19(23)18(15-5-7-16(26-2)8-6-15)22-27(24,25)17-9-3-14(13-20)4-10-17/h3-12,18,22H,1-2H3. The van der Waals surface area contributed by atoms with Crippen LogP contribution in [0.15, 0.2) is 65.8 Å². The van der Waals surface area contributed by atoms with Crippen LogP contribution in [-0.2, 0) is 17.1 Å². The molecule has 0 aliphatic rings. The Morgan fingerprint density at radius 3 is 2.33 bits per heavy atom. The van der Waals surface area contributed by atoms with Gasteiger partial charge >= 0.3 is 0 Å². The first-order valence-electron chi connectivity index (χ1n) is 8.08. The molecule has 0 saturated heterocycles. The van der Waals surface area contributed by atoms with Crippen LogP contribution in [0, 0.1) is 11.3 Å². The van der Waals surface area contributed by atoms with Gasteiger partial charge in [-0.1, -0.05) is 12.1 Å². The van der Waals surface area contributed by atoms with Crippen LogP contribution >= 0.6 is 0 Å². The molecule has 7 nitrogen and oxygen atoms in total. The zero-order chi connectivity index (χ0) is 19.4. The second-order valence-electron chi connectivity index (χ2n) is 5.86. The van der Waals surface area contributed by atoms with Gasteiger partial charge in [0.25, 0.3) is 0 Å². The number of sulfonamides is 1. The number of nitriles is 1. The lowest BCUT2D eigenvalue weighted by Crippen LogP contribution is -2.31. The minimum absolute atomic E-state index is 0.0780. The van der Waals surface area contributed by atoms with Gasteiger partial charge in [-0.15, -0.1) is 0 Å². The van der Waals surface area contributed by atoms with Crippen molar-refractivity contribution in [2.45, 2.75) is 10.9 Å². The van der Waals surface area contributed by atoms with Gasteiger partial charge < -0.3 is 9.30 Å². The lowest BCUT2D eigenvalue weighted by atomic mass is 10.1. The van der Waals surface area contributed by atoms with Crippen molar-refractivity contribution in [3.05, 3.63) is 77.9 Å². The van der Waals surface area contributed by atoms with Crippen molar-refractivity contribution >= 4 is 10.0 Å². The molecule has 1 atom stereocenters. The van der Waals surface area contributed by atoms with Crippen LogP contribution in [0.1, 0.15) is 23.0 Å². The van der Waals surface area contributed by atoms with E-state index in [1.165, 1.54) is 24.3 Å². The van der Waals surface area contributed by atoms with E-state index in [0.29, 0.717) is 17.1 Å². The fourth-order valence-electron chi connectivity index (χ4n) is 2.65. The van der Waals surface area contributed by atoms with E-state index in [-0.39, 0.29) is 4.90 Å². The first-order valence-corrected chi connectivity index (χ1v) is 9.56. The Bertz CT molecular complexity index is 1070. The second kappa shape index (κ2) is 7.61. The summed E-state index contributed by atoms with van der Waals surface area (Å²) in [4.78, 5) is 4.38. The summed E-state index contributed by atoms with van der Waals surface area (Å²) in [5, 5.41) is 8.89. The molecule has 2 aromatic carbocycles. The zero-order valence-corrected chi connectivity index (χ0v) is 15.6. The van der Waals surface area contributed by atoms with Crippen LogP contribution in [0.2, 0.25) is 0 Å². The van der Waals surface area contributed by atoms with Crippen LogP contribution < -0.4 is 9.46 Å². The highest BCUT2D eigenvalue weighted by atomic mass is 32.2. The summed E-state index contributed by atoms with van der Waals surface area (Å²) in [6.45, 7) is 0. The highest BCUT2D eigenvalue weighted by molar-refractivity contribution is 7.89. The molecule has 1 unspecified atom stereocenters. The van der Waals surface area contributed by atoms with E-state index in [1.807, 2.05) is 6.07 Å². The molecule has 3 rings (SSSR count). The SMILES string of the molecule is COc1ccc(C(NS(=O)(=O)c2ccc(C#N)cc2)c2nccn2C)cc1. The molecule has 0 spiro atoms. The van der Waals surface area contributed by atoms with E-state index < -0.39 is 16.1 Å². The Balaban J connectivity index is 2.00. The molecule has 0 amide bonds. The molecule has 1 aromatic heterocycles. The maximum Gasteiger partial charge on any atom is 0.241 e. The Morgan fingerprint density at radius 2 is 1.81 bits per heavy atom. The predicted molar refractivity (Wildman–Crippen MR) is 99.5 cm³/mol. The molecule has 138 valence electrons. The van der Waals surface area contributed by atoms with Gasteiger partial charge in [-0.3, -0.25) is 0 Å². The average molecular weight is 382 g/mol. The monoisotopic (exact) mass is 382 g/mol. The number of rotatable bonds is 6. The first kappa shape index (κ1) is 18.6. The van der Waals surface area contributed by atoms with Gasteiger partial charge in [0, 0.05) is 19.4 Å². The number of hydrogen-bond donors (Lipinski definition) is 1. The third-order valence-electron chi connectivity index (χ3n) is 4.13. The Hall–Kier alpha value is -3.15. The van der Waals surface area contributed by atoms with Crippen molar-refractivity contribution in [2.75, 3.05) is 7.11 Å². The number of hydrogen-bond acceptors (Lipinski definition) is 5. The third-order valence-corrected chi connectivity index (χ3v) is 5.57. The minimum Gasteiger partial charge on any atom is -0.497 e. The Kier molecular flexibility index (Phi) is 5.26. The number of benzene rings is 2. The molecule has 1 heterocycles. The van der Waals surface area contributed by atoms with Crippen LogP contribution in [0.4, 0.5) is 0 Å². The number of ether oxygens (including phenoxy) is 1. The highest BCUT2D eigenvalue weighted by Gasteiger charge is 2.25. The van der Waals surface area contributed by atoms with Gasteiger partial charge in [-0.2, -0.15) is 9.98 Å². The van der Waals surface area contributed by atoms with Gasteiger partial charge in [-0.05, 0) is 42.0 Å². The van der Waals surface area contributed by atoms with Crippen molar-refractivity contribution in [1.29, 1.82) is 5.26 Å². The predicted octanol–water partition coefficient (Wildman–Crippen LogP) is 2.37. The molecule has 1 N–H and O–H groups in total. The van der Waals surface area contributed by atoms with Gasteiger partial charge in [0.15, 0.2) is 0 Å². The molecule has 27 heavy (non-hydrogen) atoms.